The smallest absolute Gasteiger partial charge is 0.335 e. The van der Waals surface area contributed by atoms with Crippen molar-refractivity contribution >= 4 is 40.9 Å². The van der Waals surface area contributed by atoms with E-state index < -0.39 is 133 Å². The zero-order chi connectivity index (χ0) is 50.2. The summed E-state index contributed by atoms with van der Waals surface area (Å²) in [5, 5.41) is 125. The van der Waals surface area contributed by atoms with Gasteiger partial charge in [-0.05, 0) is 42.0 Å². The Labute approximate surface area is 385 Å². The second-order valence-corrected chi connectivity index (χ2v) is 15.6. The molecule has 12 N–H and O–H groups in total. The summed E-state index contributed by atoms with van der Waals surface area (Å²) in [4.78, 5) is 63.5. The van der Waals surface area contributed by atoms with Crippen molar-refractivity contribution in [2.24, 2.45) is 0 Å². The highest BCUT2D eigenvalue weighted by molar-refractivity contribution is 5.87. The molecule has 1 aromatic heterocycles. The fraction of sp³-hybridized carbons (Fsp3) is 0.372. The second kappa shape index (κ2) is 20.3. The number of carboxylic acids is 3. The van der Waals surface area contributed by atoms with Crippen molar-refractivity contribution in [3.8, 4) is 40.1 Å². The van der Waals surface area contributed by atoms with Gasteiger partial charge >= 0.3 is 23.9 Å². The van der Waals surface area contributed by atoms with Gasteiger partial charge in [-0.1, -0.05) is 12.1 Å². The molecule has 26 nitrogen and oxygen atoms in total. The SMILES string of the molecule is COc1cc(-c2cc(=O)c3c(O)cc(O[C@@H]4O[C@H](C(=O)O)[C@@H](O)[C@H](O)[C@H]4O[C@@H]4O[C@H](C(=O)O)[C@@H](O)[C@H](O[C@@H]5O[C@H](C(=O)O)[C@@H](O)[C@H](O)[C@H]5O)[C@H]4OC(=O)/C=C/c4ccc(O)cc4)cc3o2)ccc1O. The zero-order valence-electron chi connectivity index (χ0n) is 35.2. The number of hydrogen-bond donors (Lipinski definition) is 12. The van der Waals surface area contributed by atoms with E-state index in [0.717, 1.165) is 30.4 Å². The third kappa shape index (κ3) is 10.4. The molecular weight excluding hydrogens is 932 g/mol. The molecule has 4 heterocycles. The van der Waals surface area contributed by atoms with E-state index in [1.807, 2.05) is 0 Å². The van der Waals surface area contributed by atoms with Crippen LogP contribution in [-0.4, -0.2) is 184 Å². The van der Waals surface area contributed by atoms with Crippen LogP contribution in [0.4, 0.5) is 0 Å². The highest BCUT2D eigenvalue weighted by Crippen LogP contribution is 2.38. The van der Waals surface area contributed by atoms with Crippen molar-refractivity contribution in [1.82, 2.24) is 0 Å². The Morgan fingerprint density at radius 3 is 1.84 bits per heavy atom. The van der Waals surface area contributed by atoms with E-state index in [4.69, 9.17) is 42.3 Å². The number of aliphatic hydroxyl groups excluding tert-OH is 6. The molecule has 3 saturated heterocycles. The molecule has 7 rings (SSSR count). The molecule has 0 bridgehead atoms. The number of fused-ring (bicyclic) bond motifs is 1. The number of phenolic OH excluding ortho intramolecular Hbond substituents is 3. The third-order valence-corrected chi connectivity index (χ3v) is 11.0. The van der Waals surface area contributed by atoms with Gasteiger partial charge in [0.05, 0.1) is 7.11 Å². The minimum absolute atomic E-state index is 0.00123. The fourth-order valence-corrected chi connectivity index (χ4v) is 7.51. The summed E-state index contributed by atoms with van der Waals surface area (Å²) in [5.41, 5.74) is -0.621. The summed E-state index contributed by atoms with van der Waals surface area (Å²) in [6.45, 7) is 0. The average molecular weight is 975 g/mol. The molecule has 69 heavy (non-hydrogen) atoms. The van der Waals surface area contributed by atoms with Gasteiger partial charge in [0.1, 0.15) is 76.7 Å². The molecule has 0 unspecified atom stereocenters. The summed E-state index contributed by atoms with van der Waals surface area (Å²) in [6, 6.07) is 12.1. The van der Waals surface area contributed by atoms with Crippen LogP contribution in [0.25, 0.3) is 28.4 Å². The highest BCUT2D eigenvalue weighted by atomic mass is 16.8. The minimum Gasteiger partial charge on any atom is -0.508 e. The van der Waals surface area contributed by atoms with Gasteiger partial charge in [0.25, 0.3) is 0 Å². The predicted molar refractivity (Wildman–Crippen MR) is 220 cm³/mol. The van der Waals surface area contributed by atoms with Gasteiger partial charge in [-0.15, -0.1) is 0 Å². The van der Waals surface area contributed by atoms with Gasteiger partial charge in [0, 0.05) is 29.8 Å². The topological polar surface area (TPSA) is 415 Å². The normalized spacial score (nSPS) is 31.5. The second-order valence-electron chi connectivity index (χ2n) is 15.6. The largest absolute Gasteiger partial charge is 0.508 e. The number of aliphatic hydroxyl groups is 6. The number of esters is 1. The number of carbonyl (C=O) groups is 4. The molecule has 3 aromatic carbocycles. The van der Waals surface area contributed by atoms with Crippen LogP contribution in [0.1, 0.15) is 5.56 Å². The first kappa shape index (κ1) is 49.9. The van der Waals surface area contributed by atoms with Gasteiger partial charge in [0.2, 0.25) is 6.29 Å². The molecule has 370 valence electrons. The van der Waals surface area contributed by atoms with Crippen LogP contribution in [0.5, 0.6) is 28.7 Å². The Balaban J connectivity index is 1.27. The maximum atomic E-state index is 13.5. The fourth-order valence-electron chi connectivity index (χ4n) is 7.51. The number of ether oxygens (including phenoxy) is 8. The lowest BCUT2D eigenvalue weighted by Crippen LogP contribution is -2.68. The quantitative estimate of drug-likeness (QED) is 0.0478. The van der Waals surface area contributed by atoms with E-state index in [1.165, 1.54) is 49.6 Å². The third-order valence-electron chi connectivity index (χ3n) is 11.0. The Morgan fingerprint density at radius 2 is 1.20 bits per heavy atom. The first-order valence-corrected chi connectivity index (χ1v) is 20.2. The summed E-state index contributed by atoms with van der Waals surface area (Å²) in [7, 11) is 1.27. The zero-order valence-corrected chi connectivity index (χ0v) is 35.2. The average Bonchev–Trinajstić information content (AvgIpc) is 3.29. The van der Waals surface area contributed by atoms with Gasteiger partial charge in [-0.25, -0.2) is 19.2 Å². The monoisotopic (exact) mass is 974 g/mol. The summed E-state index contributed by atoms with van der Waals surface area (Å²) >= 11 is 0. The molecule has 3 fully saturated rings. The van der Waals surface area contributed by atoms with Crippen LogP contribution in [0.2, 0.25) is 0 Å². The number of phenols is 3. The highest BCUT2D eigenvalue weighted by Gasteiger charge is 2.58. The van der Waals surface area contributed by atoms with E-state index >= 15 is 0 Å². The van der Waals surface area contributed by atoms with E-state index in [0.29, 0.717) is 5.56 Å². The lowest BCUT2D eigenvalue weighted by molar-refractivity contribution is -0.373. The minimum atomic E-state index is -2.48. The molecule has 0 spiro atoms. The standard InChI is InChI=1S/C43H42O26/c1-61-22-10-15(5-8-18(22)45)21-13-20(47)25-19(46)11-17(12-23(25)63-21)62-42-36(29(52)28(51)34(67-42)39(57)58)69-43-37(64-24(48)9-4-14-2-6-16(44)7-3-14)32(31(54)35(68-43)40(59)60)65-41-30(53)26(49)27(50)33(66-41)38(55)56/h2-13,26-37,41-46,49-54H,1H3,(H,55,56)(H,57,58)(H,59,60)/b9-4+/t26-,27-,28-,29-,30+,31-,32-,33-,34-,35-,36+,37+,41+,42+,43-/m0/s1. The summed E-state index contributed by atoms with van der Waals surface area (Å²) in [6.07, 6.45) is -33.4. The van der Waals surface area contributed by atoms with Crippen molar-refractivity contribution in [1.29, 1.82) is 0 Å². The molecule has 3 aliphatic heterocycles. The van der Waals surface area contributed by atoms with E-state index in [-0.39, 0.29) is 39.5 Å². The van der Waals surface area contributed by atoms with Crippen LogP contribution < -0.4 is 14.9 Å². The molecule has 0 amide bonds. The summed E-state index contributed by atoms with van der Waals surface area (Å²) < 4.78 is 50.1. The van der Waals surface area contributed by atoms with Crippen molar-refractivity contribution in [2.45, 2.75) is 92.1 Å². The molecule has 3 aliphatic rings. The Kier molecular flexibility index (Phi) is 14.7. The van der Waals surface area contributed by atoms with Gasteiger partial charge < -0.3 is 104 Å². The van der Waals surface area contributed by atoms with Crippen molar-refractivity contribution < 1.29 is 123 Å². The van der Waals surface area contributed by atoms with Crippen LogP contribution in [0.15, 0.2) is 76.0 Å². The number of aliphatic carboxylic acids is 3. The van der Waals surface area contributed by atoms with E-state index in [2.05, 4.69) is 0 Å². The first-order chi connectivity index (χ1) is 32.7. The predicted octanol–water partition coefficient (Wildman–Crippen LogP) is -2.05. The Morgan fingerprint density at radius 1 is 0.609 bits per heavy atom. The van der Waals surface area contributed by atoms with Crippen molar-refractivity contribution in [3.05, 3.63) is 82.5 Å². The molecule has 0 saturated carbocycles. The number of benzene rings is 3. The Hall–Kier alpha value is -6.95. The number of carbonyl (C=O) groups excluding carboxylic acids is 1. The molecule has 0 radical (unpaired) electrons. The number of carboxylic acid groups (broad SMARTS) is 3. The van der Waals surface area contributed by atoms with E-state index in [1.54, 1.807) is 0 Å². The van der Waals surface area contributed by atoms with E-state index in [9.17, 15) is 85.3 Å². The summed E-state index contributed by atoms with van der Waals surface area (Å²) in [5.74, 6) is -8.82. The first-order valence-electron chi connectivity index (χ1n) is 20.2. The molecular formula is C43H42O26. The van der Waals surface area contributed by atoms with Gasteiger partial charge in [-0.2, -0.15) is 0 Å². The van der Waals surface area contributed by atoms with Crippen molar-refractivity contribution in [3.63, 3.8) is 0 Å². The number of methoxy groups -OCH3 is 1. The van der Waals surface area contributed by atoms with Crippen molar-refractivity contribution in [2.75, 3.05) is 7.11 Å². The molecule has 26 heteroatoms. The lowest BCUT2D eigenvalue weighted by atomic mass is 9.95. The van der Waals surface area contributed by atoms with Gasteiger partial charge in [0.15, 0.2) is 60.0 Å². The number of aromatic hydroxyl groups is 3. The molecule has 0 aliphatic carbocycles. The molecule has 15 atom stereocenters. The van der Waals surface area contributed by atoms with Crippen LogP contribution >= 0.6 is 0 Å². The van der Waals surface area contributed by atoms with Gasteiger partial charge in [-0.3, -0.25) is 4.79 Å². The van der Waals surface area contributed by atoms with Crippen LogP contribution in [0, 0.1) is 0 Å². The Bertz CT molecular complexity index is 2650. The molecule has 4 aromatic rings. The number of rotatable bonds is 14. The van der Waals surface area contributed by atoms with Crippen LogP contribution in [-0.2, 0) is 47.6 Å². The lowest BCUT2D eigenvalue weighted by Gasteiger charge is -2.47. The maximum Gasteiger partial charge on any atom is 0.335 e. The number of hydrogen-bond acceptors (Lipinski definition) is 23. The maximum absolute atomic E-state index is 13.5. The van der Waals surface area contributed by atoms with Crippen LogP contribution in [0.3, 0.4) is 0 Å².